The van der Waals surface area contributed by atoms with Crippen LogP contribution in [0.25, 0.3) is 11.3 Å². The van der Waals surface area contributed by atoms with E-state index >= 15 is 0 Å². The minimum atomic E-state index is -0.498. The third kappa shape index (κ3) is 3.24. The molecule has 100 valence electrons. The van der Waals surface area contributed by atoms with Crippen LogP contribution in [-0.2, 0) is 6.42 Å². The minimum Gasteiger partial charge on any atom is -0.440 e. The molecule has 0 fully saturated rings. The average Bonchev–Trinajstić information content (AvgIpc) is 2.84. The molecular formula is C12H10Cl2N2O3. The standard InChI is InChI=1S/C12H10Cl2N2O3/c13-5-1-2-12-15-7-11(19-12)9-4-3-8(14)6-10(9)16(17)18/h3-4,6-7H,1-2,5H2. The number of nitro benzene ring substituents is 1. The molecule has 0 unspecified atom stereocenters. The fraction of sp³-hybridized carbons (Fsp3) is 0.250. The van der Waals surface area contributed by atoms with Crippen molar-refractivity contribution < 1.29 is 9.34 Å². The number of benzene rings is 1. The molecule has 2 rings (SSSR count). The van der Waals surface area contributed by atoms with Crippen LogP contribution in [0.5, 0.6) is 0 Å². The molecular weight excluding hydrogens is 291 g/mol. The zero-order chi connectivity index (χ0) is 13.8. The highest BCUT2D eigenvalue weighted by molar-refractivity contribution is 6.30. The van der Waals surface area contributed by atoms with Gasteiger partial charge in [0.15, 0.2) is 11.7 Å². The molecule has 0 spiro atoms. The minimum absolute atomic E-state index is 0.104. The predicted octanol–water partition coefficient (Wildman–Crippen LogP) is 4.07. The Morgan fingerprint density at radius 3 is 2.89 bits per heavy atom. The van der Waals surface area contributed by atoms with E-state index < -0.39 is 4.92 Å². The summed E-state index contributed by atoms with van der Waals surface area (Å²) < 4.78 is 5.49. The van der Waals surface area contributed by atoms with Crippen LogP contribution in [0.2, 0.25) is 5.02 Å². The van der Waals surface area contributed by atoms with Crippen LogP contribution in [0, 0.1) is 10.1 Å². The Kier molecular flexibility index (Phi) is 4.39. The number of nitrogens with zero attached hydrogens (tertiary/aromatic N) is 2. The molecule has 0 bridgehead atoms. The Bertz CT molecular complexity index is 598. The lowest BCUT2D eigenvalue weighted by molar-refractivity contribution is -0.384. The smallest absolute Gasteiger partial charge is 0.281 e. The maximum absolute atomic E-state index is 11.0. The Morgan fingerprint density at radius 2 is 2.21 bits per heavy atom. The van der Waals surface area contributed by atoms with Crippen LogP contribution < -0.4 is 0 Å². The second-order valence-electron chi connectivity index (χ2n) is 3.83. The van der Waals surface area contributed by atoms with Crippen molar-refractivity contribution in [3.05, 3.63) is 45.4 Å². The Labute approximate surface area is 119 Å². The highest BCUT2D eigenvalue weighted by Gasteiger charge is 2.19. The van der Waals surface area contributed by atoms with E-state index in [0.29, 0.717) is 34.5 Å². The van der Waals surface area contributed by atoms with Gasteiger partial charge in [-0.2, -0.15) is 0 Å². The van der Waals surface area contributed by atoms with E-state index in [1.807, 2.05) is 0 Å². The molecule has 5 nitrogen and oxygen atoms in total. The van der Waals surface area contributed by atoms with E-state index in [4.69, 9.17) is 27.6 Å². The van der Waals surface area contributed by atoms with Gasteiger partial charge in [-0.3, -0.25) is 10.1 Å². The molecule has 0 aliphatic rings. The van der Waals surface area contributed by atoms with Crippen LogP contribution in [-0.4, -0.2) is 15.8 Å². The molecule has 2 aromatic rings. The summed E-state index contributed by atoms with van der Waals surface area (Å²) in [7, 11) is 0. The normalized spacial score (nSPS) is 10.6. The van der Waals surface area contributed by atoms with Gasteiger partial charge in [0.25, 0.3) is 5.69 Å². The predicted molar refractivity (Wildman–Crippen MR) is 72.6 cm³/mol. The summed E-state index contributed by atoms with van der Waals surface area (Å²) in [4.78, 5) is 14.6. The van der Waals surface area contributed by atoms with Gasteiger partial charge in [-0.1, -0.05) is 11.6 Å². The molecule has 1 aromatic heterocycles. The van der Waals surface area contributed by atoms with Crippen molar-refractivity contribution in [1.29, 1.82) is 0 Å². The van der Waals surface area contributed by atoms with E-state index in [-0.39, 0.29) is 5.69 Å². The third-order valence-corrected chi connectivity index (χ3v) is 3.00. The zero-order valence-corrected chi connectivity index (χ0v) is 11.3. The fourth-order valence-corrected chi connectivity index (χ4v) is 1.93. The number of halogens is 2. The first-order valence-electron chi connectivity index (χ1n) is 5.57. The van der Waals surface area contributed by atoms with E-state index in [1.165, 1.54) is 12.3 Å². The van der Waals surface area contributed by atoms with E-state index in [9.17, 15) is 10.1 Å². The lowest BCUT2D eigenvalue weighted by Gasteiger charge is -1.99. The van der Waals surface area contributed by atoms with Crippen molar-refractivity contribution >= 4 is 28.9 Å². The van der Waals surface area contributed by atoms with E-state index in [0.717, 1.165) is 6.42 Å². The number of alkyl halides is 1. The largest absolute Gasteiger partial charge is 0.440 e. The highest BCUT2D eigenvalue weighted by Crippen LogP contribution is 2.32. The molecule has 19 heavy (non-hydrogen) atoms. The van der Waals surface area contributed by atoms with Crippen molar-refractivity contribution in [1.82, 2.24) is 4.98 Å². The van der Waals surface area contributed by atoms with Gasteiger partial charge in [-0.25, -0.2) is 4.98 Å². The quantitative estimate of drug-likeness (QED) is 0.474. The summed E-state index contributed by atoms with van der Waals surface area (Å²) in [5, 5.41) is 11.3. The summed E-state index contributed by atoms with van der Waals surface area (Å²) in [5.41, 5.74) is 0.256. The van der Waals surface area contributed by atoms with Gasteiger partial charge in [0, 0.05) is 23.4 Å². The topological polar surface area (TPSA) is 69.2 Å². The molecule has 1 aromatic carbocycles. The van der Waals surface area contributed by atoms with Gasteiger partial charge < -0.3 is 4.42 Å². The van der Waals surface area contributed by atoms with Crippen LogP contribution in [0.1, 0.15) is 12.3 Å². The first kappa shape index (κ1) is 13.8. The Hall–Kier alpha value is -1.59. The molecule has 0 radical (unpaired) electrons. The molecule has 0 aliphatic heterocycles. The number of hydrogen-bond acceptors (Lipinski definition) is 4. The van der Waals surface area contributed by atoms with Crippen molar-refractivity contribution in [2.45, 2.75) is 12.8 Å². The van der Waals surface area contributed by atoms with Crippen molar-refractivity contribution in [2.24, 2.45) is 0 Å². The molecule has 0 N–H and O–H groups in total. The summed E-state index contributed by atoms with van der Waals surface area (Å²) in [6, 6.07) is 4.41. The highest BCUT2D eigenvalue weighted by atomic mass is 35.5. The van der Waals surface area contributed by atoms with Gasteiger partial charge in [-0.15, -0.1) is 11.6 Å². The van der Waals surface area contributed by atoms with Gasteiger partial charge >= 0.3 is 0 Å². The number of aromatic nitrogens is 1. The van der Waals surface area contributed by atoms with Gasteiger partial charge in [0.1, 0.15) is 0 Å². The van der Waals surface area contributed by atoms with Crippen LogP contribution in [0.15, 0.2) is 28.8 Å². The summed E-state index contributed by atoms with van der Waals surface area (Å²) in [6.07, 6.45) is 2.81. The second-order valence-corrected chi connectivity index (χ2v) is 4.64. The SMILES string of the molecule is O=[N+]([O-])c1cc(Cl)ccc1-c1cnc(CCCCl)o1. The lowest BCUT2D eigenvalue weighted by atomic mass is 10.1. The first-order chi connectivity index (χ1) is 9.11. The molecule has 0 amide bonds. The molecule has 0 atom stereocenters. The maximum Gasteiger partial charge on any atom is 0.281 e. The number of hydrogen-bond donors (Lipinski definition) is 0. The lowest BCUT2D eigenvalue weighted by Crippen LogP contribution is -1.91. The number of rotatable bonds is 5. The fourth-order valence-electron chi connectivity index (χ4n) is 1.63. The van der Waals surface area contributed by atoms with Crippen molar-refractivity contribution in [3.8, 4) is 11.3 Å². The maximum atomic E-state index is 11.0. The van der Waals surface area contributed by atoms with E-state index in [2.05, 4.69) is 4.98 Å². The van der Waals surface area contributed by atoms with E-state index in [1.54, 1.807) is 12.1 Å². The van der Waals surface area contributed by atoms with Crippen LogP contribution >= 0.6 is 23.2 Å². The molecule has 0 saturated carbocycles. The van der Waals surface area contributed by atoms with Crippen LogP contribution in [0.4, 0.5) is 5.69 Å². The Morgan fingerprint density at radius 1 is 1.42 bits per heavy atom. The molecule has 0 aliphatic carbocycles. The van der Waals surface area contributed by atoms with Crippen molar-refractivity contribution in [2.75, 3.05) is 5.88 Å². The zero-order valence-electron chi connectivity index (χ0n) is 9.81. The molecule has 7 heteroatoms. The summed E-state index contributed by atoms with van der Waals surface area (Å²) in [5.74, 6) is 1.38. The Balaban J connectivity index is 2.36. The molecule has 0 saturated heterocycles. The second kappa shape index (κ2) is 6.04. The number of oxazole rings is 1. The third-order valence-electron chi connectivity index (χ3n) is 2.50. The van der Waals surface area contributed by atoms with Gasteiger partial charge in [0.05, 0.1) is 16.7 Å². The number of nitro groups is 1. The molecule has 1 heterocycles. The van der Waals surface area contributed by atoms with Crippen LogP contribution in [0.3, 0.4) is 0 Å². The van der Waals surface area contributed by atoms with Gasteiger partial charge in [-0.05, 0) is 18.6 Å². The average molecular weight is 301 g/mol. The van der Waals surface area contributed by atoms with Gasteiger partial charge in [0.2, 0.25) is 0 Å². The summed E-state index contributed by atoms with van der Waals surface area (Å²) in [6.45, 7) is 0. The van der Waals surface area contributed by atoms with Crippen molar-refractivity contribution in [3.63, 3.8) is 0 Å². The summed E-state index contributed by atoms with van der Waals surface area (Å²) >= 11 is 11.3. The number of aryl methyl sites for hydroxylation is 1. The monoisotopic (exact) mass is 300 g/mol. The first-order valence-corrected chi connectivity index (χ1v) is 6.48.